The fourth-order valence-electron chi connectivity index (χ4n) is 2.25. The minimum absolute atomic E-state index is 0.0747. The van der Waals surface area contributed by atoms with Gasteiger partial charge in [0.15, 0.2) is 9.84 Å². The first-order valence-electron chi connectivity index (χ1n) is 7.00. The van der Waals surface area contributed by atoms with E-state index in [2.05, 4.69) is 5.32 Å². The van der Waals surface area contributed by atoms with E-state index in [4.69, 9.17) is 0 Å². The summed E-state index contributed by atoms with van der Waals surface area (Å²) < 4.78 is 23.5. The van der Waals surface area contributed by atoms with Gasteiger partial charge in [-0.1, -0.05) is 13.8 Å². The van der Waals surface area contributed by atoms with Crippen LogP contribution in [0.15, 0.2) is 0 Å². The first-order valence-corrected chi connectivity index (χ1v) is 8.82. The van der Waals surface area contributed by atoms with Crippen molar-refractivity contribution >= 4 is 21.7 Å². The summed E-state index contributed by atoms with van der Waals surface area (Å²) in [7, 11) is -3.16. The second kappa shape index (κ2) is 6.11. The zero-order valence-electron chi connectivity index (χ0n) is 12.6. The van der Waals surface area contributed by atoms with Gasteiger partial charge < -0.3 is 10.2 Å². The average Bonchev–Trinajstić information content (AvgIpc) is 2.36. The molecule has 116 valence electrons. The Morgan fingerprint density at radius 2 is 1.85 bits per heavy atom. The molecular weight excluding hydrogens is 280 g/mol. The van der Waals surface area contributed by atoms with E-state index >= 15 is 0 Å². The molecule has 0 radical (unpaired) electrons. The lowest BCUT2D eigenvalue weighted by atomic mass is 9.92. The van der Waals surface area contributed by atoms with Crippen molar-refractivity contribution in [2.75, 3.05) is 18.1 Å². The van der Waals surface area contributed by atoms with Crippen molar-refractivity contribution < 1.29 is 18.0 Å². The highest BCUT2D eigenvalue weighted by molar-refractivity contribution is 7.91. The first kappa shape index (κ1) is 16.9. The number of nitrogens with zero attached hydrogens (tertiary/aromatic N) is 1. The van der Waals surface area contributed by atoms with Crippen LogP contribution in [0.1, 0.15) is 40.5 Å². The average molecular weight is 304 g/mol. The van der Waals surface area contributed by atoms with Gasteiger partial charge in [-0.05, 0) is 26.7 Å². The number of carbonyl (C=O) groups excluding carboxylic acids is 2. The maximum absolute atomic E-state index is 12.4. The molecule has 2 amide bonds. The summed E-state index contributed by atoms with van der Waals surface area (Å²) >= 11 is 0. The molecule has 0 saturated carbocycles. The molecule has 1 saturated heterocycles. The van der Waals surface area contributed by atoms with Gasteiger partial charge in [0.2, 0.25) is 11.8 Å². The van der Waals surface area contributed by atoms with Gasteiger partial charge >= 0.3 is 0 Å². The fraction of sp³-hybridized carbons (Fsp3) is 0.846. The van der Waals surface area contributed by atoms with Crippen molar-refractivity contribution in [3.05, 3.63) is 0 Å². The summed E-state index contributed by atoms with van der Waals surface area (Å²) in [6.45, 7) is 6.99. The van der Waals surface area contributed by atoms with Gasteiger partial charge in [0.1, 0.15) is 11.6 Å². The van der Waals surface area contributed by atoms with Crippen LogP contribution in [0.25, 0.3) is 0 Å². The molecule has 2 unspecified atom stereocenters. The Balaban J connectivity index is 2.86. The van der Waals surface area contributed by atoms with Crippen LogP contribution in [0.4, 0.5) is 0 Å². The molecule has 1 aliphatic rings. The highest BCUT2D eigenvalue weighted by atomic mass is 32.2. The molecule has 0 aliphatic carbocycles. The topological polar surface area (TPSA) is 83.6 Å². The second-order valence-corrected chi connectivity index (χ2v) is 7.80. The van der Waals surface area contributed by atoms with Crippen LogP contribution >= 0.6 is 0 Å². The third-order valence-electron chi connectivity index (χ3n) is 3.84. The maximum Gasteiger partial charge on any atom is 0.248 e. The Hall–Kier alpha value is -1.11. The van der Waals surface area contributed by atoms with E-state index in [-0.39, 0.29) is 29.9 Å². The van der Waals surface area contributed by atoms with Gasteiger partial charge in [0, 0.05) is 12.3 Å². The van der Waals surface area contributed by atoms with Gasteiger partial charge in [-0.15, -0.1) is 0 Å². The molecule has 0 aromatic heterocycles. The van der Waals surface area contributed by atoms with Crippen molar-refractivity contribution in [2.24, 2.45) is 0 Å². The number of amides is 2. The summed E-state index contributed by atoms with van der Waals surface area (Å²) in [5.74, 6) is -0.425. The SMILES string of the molecule is CCCS(=O)(=O)CCN1C(=O)C(C)(CC)NC(=O)C1C. The third-order valence-corrected chi connectivity index (χ3v) is 5.68. The first-order chi connectivity index (χ1) is 9.17. The molecule has 0 spiro atoms. The van der Waals surface area contributed by atoms with Crippen LogP contribution in [0.3, 0.4) is 0 Å². The lowest BCUT2D eigenvalue weighted by Crippen LogP contribution is -2.68. The molecule has 1 aliphatic heterocycles. The molecule has 1 rings (SSSR count). The molecule has 0 bridgehead atoms. The predicted octanol–water partition coefficient (Wildman–Crippen LogP) is 0.327. The van der Waals surface area contributed by atoms with Crippen LogP contribution in [0.2, 0.25) is 0 Å². The van der Waals surface area contributed by atoms with Crippen molar-refractivity contribution in [2.45, 2.75) is 52.1 Å². The van der Waals surface area contributed by atoms with E-state index < -0.39 is 21.4 Å². The lowest BCUT2D eigenvalue weighted by molar-refractivity contribution is -0.153. The van der Waals surface area contributed by atoms with E-state index in [0.29, 0.717) is 12.8 Å². The summed E-state index contributed by atoms with van der Waals surface area (Å²) in [5, 5.41) is 2.71. The minimum Gasteiger partial charge on any atom is -0.340 e. The molecule has 1 N–H and O–H groups in total. The lowest BCUT2D eigenvalue weighted by Gasteiger charge is -2.43. The number of sulfone groups is 1. The Kier molecular flexibility index (Phi) is 5.18. The molecule has 0 aromatic rings. The van der Waals surface area contributed by atoms with Crippen LogP contribution in [0, 0.1) is 0 Å². The highest BCUT2D eigenvalue weighted by Crippen LogP contribution is 2.21. The Morgan fingerprint density at radius 1 is 1.25 bits per heavy atom. The van der Waals surface area contributed by atoms with E-state index in [1.165, 1.54) is 4.90 Å². The van der Waals surface area contributed by atoms with Crippen molar-refractivity contribution in [1.29, 1.82) is 0 Å². The van der Waals surface area contributed by atoms with Crippen molar-refractivity contribution in [3.8, 4) is 0 Å². The van der Waals surface area contributed by atoms with Crippen molar-refractivity contribution in [1.82, 2.24) is 10.2 Å². The molecular formula is C13H24N2O4S. The Labute approximate surface area is 120 Å². The zero-order valence-corrected chi connectivity index (χ0v) is 13.4. The van der Waals surface area contributed by atoms with Gasteiger partial charge in [-0.25, -0.2) is 8.42 Å². The molecule has 20 heavy (non-hydrogen) atoms. The second-order valence-electron chi connectivity index (χ2n) is 5.50. The normalized spacial score (nSPS) is 27.6. The smallest absolute Gasteiger partial charge is 0.248 e. The number of carbonyl (C=O) groups is 2. The zero-order chi connectivity index (χ0) is 15.6. The van der Waals surface area contributed by atoms with Crippen LogP contribution in [-0.4, -0.2) is 54.8 Å². The molecule has 1 heterocycles. The molecule has 2 atom stereocenters. The summed E-state index contributed by atoms with van der Waals surface area (Å²) in [5.41, 5.74) is -0.932. The Bertz CT molecular complexity index is 489. The quantitative estimate of drug-likeness (QED) is 0.766. The van der Waals surface area contributed by atoms with Crippen LogP contribution < -0.4 is 5.32 Å². The summed E-state index contributed by atoms with van der Waals surface area (Å²) in [4.78, 5) is 25.7. The largest absolute Gasteiger partial charge is 0.340 e. The van der Waals surface area contributed by atoms with Gasteiger partial charge in [-0.3, -0.25) is 9.59 Å². The number of hydrogen-bond acceptors (Lipinski definition) is 4. The van der Waals surface area contributed by atoms with E-state index in [1.54, 1.807) is 20.8 Å². The van der Waals surface area contributed by atoms with E-state index in [1.807, 2.05) is 6.92 Å². The van der Waals surface area contributed by atoms with E-state index in [0.717, 1.165) is 0 Å². The summed E-state index contributed by atoms with van der Waals surface area (Å²) in [6, 6.07) is -0.626. The molecule has 6 nitrogen and oxygen atoms in total. The van der Waals surface area contributed by atoms with Crippen LogP contribution in [0.5, 0.6) is 0 Å². The standard InChI is InChI=1S/C13H24N2O4S/c1-5-8-20(18,19)9-7-15-10(3)11(16)14-13(4,6-2)12(15)17/h10H,5-9H2,1-4H3,(H,14,16). The third kappa shape index (κ3) is 3.50. The summed E-state index contributed by atoms with van der Waals surface area (Å²) in [6.07, 6.45) is 1.03. The molecule has 7 heteroatoms. The van der Waals surface area contributed by atoms with Gasteiger partial charge in [-0.2, -0.15) is 0 Å². The fourth-order valence-corrected chi connectivity index (χ4v) is 3.55. The van der Waals surface area contributed by atoms with Crippen molar-refractivity contribution in [3.63, 3.8) is 0 Å². The number of piperazine rings is 1. The highest BCUT2D eigenvalue weighted by Gasteiger charge is 2.45. The molecule has 1 fully saturated rings. The Morgan fingerprint density at radius 3 is 2.35 bits per heavy atom. The monoisotopic (exact) mass is 304 g/mol. The number of hydrogen-bond donors (Lipinski definition) is 1. The van der Waals surface area contributed by atoms with Gasteiger partial charge in [0.05, 0.1) is 5.75 Å². The van der Waals surface area contributed by atoms with Crippen LogP contribution in [-0.2, 0) is 19.4 Å². The number of rotatable bonds is 6. The minimum atomic E-state index is -3.16. The number of nitrogens with one attached hydrogen (secondary N) is 1. The maximum atomic E-state index is 12.4. The van der Waals surface area contributed by atoms with E-state index in [9.17, 15) is 18.0 Å². The predicted molar refractivity (Wildman–Crippen MR) is 77.0 cm³/mol. The molecule has 0 aromatic carbocycles. The van der Waals surface area contributed by atoms with Gasteiger partial charge in [0.25, 0.3) is 0 Å².